The lowest BCUT2D eigenvalue weighted by Crippen LogP contribution is -2.30. The highest BCUT2D eigenvalue weighted by Gasteiger charge is 2.25. The monoisotopic (exact) mass is 433 g/mol. The molecule has 8 heteroatoms. The van der Waals surface area contributed by atoms with Gasteiger partial charge in [-0.05, 0) is 48.4 Å². The first-order valence-electron chi connectivity index (χ1n) is 9.68. The van der Waals surface area contributed by atoms with Crippen molar-refractivity contribution in [3.05, 3.63) is 71.5 Å². The molecule has 0 unspecified atom stereocenters. The first-order valence-corrected chi connectivity index (χ1v) is 10.5. The minimum Gasteiger partial charge on any atom is -0.494 e. The zero-order valence-corrected chi connectivity index (χ0v) is 17.8. The molecule has 156 valence electrons. The van der Waals surface area contributed by atoms with Crippen LogP contribution < -0.4 is 19.1 Å². The SMILES string of the molecule is COc1ccc(C)c2sc(N(Cc3cccnc3)C(=O)c3ccc4c(c3)OCO4)nc12. The van der Waals surface area contributed by atoms with Gasteiger partial charge in [0.15, 0.2) is 16.6 Å². The number of nitrogens with zero attached hydrogens (tertiary/aromatic N) is 3. The number of amides is 1. The quantitative estimate of drug-likeness (QED) is 0.459. The lowest BCUT2D eigenvalue weighted by molar-refractivity contribution is 0.0984. The Morgan fingerprint density at radius 3 is 2.87 bits per heavy atom. The van der Waals surface area contributed by atoms with Gasteiger partial charge in [-0.2, -0.15) is 0 Å². The van der Waals surface area contributed by atoms with Crippen LogP contribution in [0.15, 0.2) is 54.9 Å². The Morgan fingerprint density at radius 2 is 2.06 bits per heavy atom. The molecule has 0 atom stereocenters. The average Bonchev–Trinajstić information content (AvgIpc) is 3.45. The topological polar surface area (TPSA) is 73.8 Å². The maximum absolute atomic E-state index is 13.6. The first kappa shape index (κ1) is 19.3. The van der Waals surface area contributed by atoms with E-state index in [0.29, 0.717) is 34.5 Å². The number of carbonyl (C=O) groups excluding carboxylic acids is 1. The lowest BCUT2D eigenvalue weighted by atomic mass is 10.1. The van der Waals surface area contributed by atoms with E-state index in [1.165, 1.54) is 11.3 Å². The Balaban J connectivity index is 1.60. The number of hydrogen-bond donors (Lipinski definition) is 0. The van der Waals surface area contributed by atoms with Gasteiger partial charge in [-0.1, -0.05) is 23.5 Å². The fourth-order valence-electron chi connectivity index (χ4n) is 3.46. The summed E-state index contributed by atoms with van der Waals surface area (Å²) in [6, 6.07) is 12.9. The molecule has 0 bridgehead atoms. The Morgan fingerprint density at radius 1 is 1.19 bits per heavy atom. The van der Waals surface area contributed by atoms with Gasteiger partial charge in [0.1, 0.15) is 11.3 Å². The molecule has 2 aromatic carbocycles. The molecule has 7 nitrogen and oxygen atoms in total. The summed E-state index contributed by atoms with van der Waals surface area (Å²) in [5, 5.41) is 0.592. The van der Waals surface area contributed by atoms with Crippen LogP contribution in [0.3, 0.4) is 0 Å². The minimum atomic E-state index is -0.183. The molecule has 5 rings (SSSR count). The molecule has 0 fully saturated rings. The number of pyridine rings is 1. The Kier molecular flexibility index (Phi) is 4.91. The molecule has 31 heavy (non-hydrogen) atoms. The molecular formula is C23H19N3O4S. The van der Waals surface area contributed by atoms with E-state index in [2.05, 4.69) is 4.98 Å². The van der Waals surface area contributed by atoms with Gasteiger partial charge < -0.3 is 14.2 Å². The van der Waals surface area contributed by atoms with Crippen molar-refractivity contribution in [2.24, 2.45) is 0 Å². The second-order valence-electron chi connectivity index (χ2n) is 7.08. The van der Waals surface area contributed by atoms with Gasteiger partial charge in [-0.25, -0.2) is 4.98 Å². The number of ether oxygens (including phenoxy) is 3. The lowest BCUT2D eigenvalue weighted by Gasteiger charge is -2.20. The van der Waals surface area contributed by atoms with E-state index in [-0.39, 0.29) is 12.7 Å². The molecule has 2 aromatic heterocycles. The predicted octanol–water partition coefficient (Wildman–Crippen LogP) is 4.58. The maximum Gasteiger partial charge on any atom is 0.260 e. The zero-order valence-electron chi connectivity index (χ0n) is 17.0. The predicted molar refractivity (Wildman–Crippen MR) is 118 cm³/mol. The van der Waals surface area contributed by atoms with Crippen molar-refractivity contribution >= 4 is 32.6 Å². The highest BCUT2D eigenvalue weighted by atomic mass is 32.1. The third-order valence-corrected chi connectivity index (χ3v) is 6.28. The van der Waals surface area contributed by atoms with Crippen molar-refractivity contribution in [3.8, 4) is 17.2 Å². The molecule has 0 saturated carbocycles. The molecule has 0 N–H and O–H groups in total. The molecule has 3 heterocycles. The van der Waals surface area contributed by atoms with E-state index in [4.69, 9.17) is 19.2 Å². The number of fused-ring (bicyclic) bond motifs is 2. The van der Waals surface area contributed by atoms with E-state index < -0.39 is 0 Å². The fraction of sp³-hybridized carbons (Fsp3) is 0.174. The summed E-state index contributed by atoms with van der Waals surface area (Å²) >= 11 is 1.47. The van der Waals surface area contributed by atoms with E-state index in [1.54, 1.807) is 42.6 Å². The third-order valence-electron chi connectivity index (χ3n) is 5.07. The Bertz CT molecular complexity index is 1270. The smallest absolute Gasteiger partial charge is 0.260 e. The standard InChI is InChI=1S/C23H19N3O4S/c1-14-5-7-18(28-2)20-21(14)31-23(25-20)26(12-15-4-3-9-24-11-15)22(27)16-6-8-17-19(10-16)30-13-29-17/h3-11H,12-13H2,1-2H3. The molecular weight excluding hydrogens is 414 g/mol. The number of aryl methyl sites for hydroxylation is 1. The number of hydrogen-bond acceptors (Lipinski definition) is 7. The number of benzene rings is 2. The fourth-order valence-corrected chi connectivity index (χ4v) is 4.51. The number of anilines is 1. The van der Waals surface area contributed by atoms with E-state index in [9.17, 15) is 4.79 Å². The highest BCUT2D eigenvalue weighted by molar-refractivity contribution is 7.22. The molecule has 0 saturated heterocycles. The van der Waals surface area contributed by atoms with Gasteiger partial charge >= 0.3 is 0 Å². The number of aromatic nitrogens is 2. The van der Waals surface area contributed by atoms with Gasteiger partial charge in [-0.3, -0.25) is 14.7 Å². The second-order valence-corrected chi connectivity index (χ2v) is 8.06. The molecule has 0 aliphatic carbocycles. The molecule has 0 spiro atoms. The molecule has 0 radical (unpaired) electrons. The van der Waals surface area contributed by atoms with Crippen LogP contribution in [0.25, 0.3) is 10.2 Å². The first-order chi connectivity index (χ1) is 15.1. The third kappa shape index (κ3) is 3.55. The van der Waals surface area contributed by atoms with E-state index in [1.807, 2.05) is 31.2 Å². The van der Waals surface area contributed by atoms with Crippen molar-refractivity contribution in [1.82, 2.24) is 9.97 Å². The van der Waals surface area contributed by atoms with Crippen LogP contribution in [0.5, 0.6) is 17.2 Å². The van der Waals surface area contributed by atoms with Gasteiger partial charge in [0.2, 0.25) is 6.79 Å². The van der Waals surface area contributed by atoms with E-state index in [0.717, 1.165) is 21.3 Å². The van der Waals surface area contributed by atoms with Gasteiger partial charge in [0.05, 0.1) is 18.4 Å². The summed E-state index contributed by atoms with van der Waals surface area (Å²) in [5.74, 6) is 1.70. The molecule has 1 aliphatic rings. The van der Waals surface area contributed by atoms with Gasteiger partial charge in [-0.15, -0.1) is 0 Å². The van der Waals surface area contributed by atoms with Crippen molar-refractivity contribution < 1.29 is 19.0 Å². The summed E-state index contributed by atoms with van der Waals surface area (Å²) in [6.45, 7) is 2.51. The van der Waals surface area contributed by atoms with Crippen LogP contribution in [-0.4, -0.2) is 29.8 Å². The minimum absolute atomic E-state index is 0.156. The number of carbonyl (C=O) groups is 1. The van der Waals surface area contributed by atoms with Crippen molar-refractivity contribution in [2.45, 2.75) is 13.5 Å². The van der Waals surface area contributed by atoms with Crippen molar-refractivity contribution in [1.29, 1.82) is 0 Å². The summed E-state index contributed by atoms with van der Waals surface area (Å²) in [6.07, 6.45) is 3.46. The van der Waals surface area contributed by atoms with Crippen LogP contribution in [0.2, 0.25) is 0 Å². The maximum atomic E-state index is 13.6. The van der Waals surface area contributed by atoms with Crippen LogP contribution in [0, 0.1) is 6.92 Å². The van der Waals surface area contributed by atoms with Crippen LogP contribution in [0.1, 0.15) is 21.5 Å². The van der Waals surface area contributed by atoms with Crippen LogP contribution >= 0.6 is 11.3 Å². The van der Waals surface area contributed by atoms with Crippen molar-refractivity contribution in [3.63, 3.8) is 0 Å². The number of thiazole rings is 1. The summed E-state index contributed by atoms with van der Waals surface area (Å²) < 4.78 is 17.3. The van der Waals surface area contributed by atoms with Gasteiger partial charge in [0, 0.05) is 18.0 Å². The normalized spacial score (nSPS) is 12.2. The van der Waals surface area contributed by atoms with Crippen LogP contribution in [-0.2, 0) is 6.54 Å². The number of rotatable bonds is 5. The largest absolute Gasteiger partial charge is 0.494 e. The second kappa shape index (κ2) is 7.88. The highest BCUT2D eigenvalue weighted by Crippen LogP contribution is 2.38. The zero-order chi connectivity index (χ0) is 21.4. The Hall–Kier alpha value is -3.65. The van der Waals surface area contributed by atoms with E-state index >= 15 is 0 Å². The summed E-state index contributed by atoms with van der Waals surface area (Å²) in [4.78, 5) is 24.2. The average molecular weight is 433 g/mol. The molecule has 1 aliphatic heterocycles. The van der Waals surface area contributed by atoms with Crippen LogP contribution in [0.4, 0.5) is 5.13 Å². The summed E-state index contributed by atoms with van der Waals surface area (Å²) in [5.41, 5.74) is 3.23. The summed E-state index contributed by atoms with van der Waals surface area (Å²) in [7, 11) is 1.62. The van der Waals surface area contributed by atoms with Gasteiger partial charge in [0.25, 0.3) is 5.91 Å². The number of methoxy groups -OCH3 is 1. The Labute approximate surface area is 182 Å². The molecule has 4 aromatic rings. The molecule has 1 amide bonds. The van der Waals surface area contributed by atoms with Crippen molar-refractivity contribution in [2.75, 3.05) is 18.8 Å².